The molecule has 0 saturated carbocycles. The van der Waals surface area contributed by atoms with Crippen molar-refractivity contribution in [1.82, 2.24) is 4.90 Å². The predicted molar refractivity (Wildman–Crippen MR) is 95.1 cm³/mol. The summed E-state index contributed by atoms with van der Waals surface area (Å²) in [5, 5.41) is 0.146. The molecular formula is C19H19NO3S. The first kappa shape index (κ1) is 16.6. The Morgan fingerprint density at radius 1 is 1.12 bits per heavy atom. The molecule has 1 fully saturated rings. The first-order valence-electron chi connectivity index (χ1n) is 7.87. The lowest BCUT2D eigenvalue weighted by Crippen LogP contribution is -2.24. The predicted octanol–water partition coefficient (Wildman–Crippen LogP) is 3.86. The average Bonchev–Trinajstić information content (AvgIpc) is 2.89. The number of rotatable bonds is 5. The molecule has 3 rings (SSSR count). The normalized spacial score (nSPS) is 17.1. The average molecular weight is 341 g/mol. The molecule has 0 aromatic heterocycles. The minimum atomic E-state index is 0.0667. The molecule has 0 aliphatic carbocycles. The Balaban J connectivity index is 1.58. The topological polar surface area (TPSA) is 46.6 Å². The Bertz CT molecular complexity index is 715. The number of carbonyl (C=O) groups excluding carboxylic acids is 2. The smallest absolute Gasteiger partial charge is 0.224 e. The molecule has 1 heterocycles. The Kier molecular flexibility index (Phi) is 5.20. The van der Waals surface area contributed by atoms with E-state index in [2.05, 4.69) is 0 Å². The van der Waals surface area contributed by atoms with Crippen LogP contribution in [0.3, 0.4) is 0 Å². The maximum absolute atomic E-state index is 12.1. The molecule has 2 aromatic rings. The summed E-state index contributed by atoms with van der Waals surface area (Å²) in [6.07, 6.45) is 0.444. The fourth-order valence-electron chi connectivity index (χ4n) is 2.71. The lowest BCUT2D eigenvalue weighted by Gasteiger charge is -2.16. The molecule has 0 radical (unpaired) electrons. The lowest BCUT2D eigenvalue weighted by molar-refractivity contribution is -0.128. The van der Waals surface area contributed by atoms with Crippen molar-refractivity contribution in [3.05, 3.63) is 60.2 Å². The molecule has 1 saturated heterocycles. The van der Waals surface area contributed by atoms with E-state index in [0.717, 1.165) is 17.1 Å². The van der Waals surface area contributed by atoms with Crippen LogP contribution in [0.25, 0.3) is 0 Å². The molecule has 24 heavy (non-hydrogen) atoms. The summed E-state index contributed by atoms with van der Waals surface area (Å²) in [5.41, 5.74) is 1.05. The first-order valence-corrected chi connectivity index (χ1v) is 8.75. The van der Waals surface area contributed by atoms with Gasteiger partial charge in [-0.15, -0.1) is 0 Å². The second-order valence-corrected chi connectivity index (χ2v) is 7.25. The van der Waals surface area contributed by atoms with E-state index in [4.69, 9.17) is 4.74 Å². The van der Waals surface area contributed by atoms with Crippen LogP contribution in [0, 0.1) is 0 Å². The molecule has 0 unspecified atom stereocenters. The largest absolute Gasteiger partial charge is 0.457 e. The number of ether oxygens (including phenoxy) is 1. The van der Waals surface area contributed by atoms with Gasteiger partial charge in [-0.2, -0.15) is 0 Å². The van der Waals surface area contributed by atoms with E-state index in [0.29, 0.717) is 19.5 Å². The summed E-state index contributed by atoms with van der Waals surface area (Å²) in [5.74, 6) is 1.67. The number of benzene rings is 2. The molecule has 2 aromatic carbocycles. The third-order valence-electron chi connectivity index (χ3n) is 3.79. The number of para-hydroxylation sites is 1. The molecule has 0 N–H and O–H groups in total. The molecule has 1 atom stereocenters. The van der Waals surface area contributed by atoms with Crippen LogP contribution in [0.2, 0.25) is 0 Å². The van der Waals surface area contributed by atoms with Crippen LogP contribution in [0.4, 0.5) is 0 Å². The Morgan fingerprint density at radius 2 is 1.79 bits per heavy atom. The third kappa shape index (κ3) is 4.38. The monoisotopic (exact) mass is 341 g/mol. The van der Waals surface area contributed by atoms with E-state index in [1.54, 1.807) is 6.92 Å². The van der Waals surface area contributed by atoms with Crippen LogP contribution < -0.4 is 4.74 Å². The summed E-state index contributed by atoms with van der Waals surface area (Å²) in [6.45, 7) is 2.74. The van der Waals surface area contributed by atoms with E-state index < -0.39 is 0 Å². The SMILES string of the molecule is CC(=O)S[C@@H]1CC(=O)N(Cc2ccc(Oc3ccccc3)cc2)C1. The second kappa shape index (κ2) is 7.53. The van der Waals surface area contributed by atoms with Gasteiger partial charge in [-0.3, -0.25) is 9.59 Å². The molecule has 0 bridgehead atoms. The van der Waals surface area contributed by atoms with Crippen LogP contribution in [0.5, 0.6) is 11.5 Å². The van der Waals surface area contributed by atoms with Crippen molar-refractivity contribution in [2.45, 2.75) is 25.1 Å². The van der Waals surface area contributed by atoms with Crippen LogP contribution in [0.15, 0.2) is 54.6 Å². The van der Waals surface area contributed by atoms with E-state index in [-0.39, 0.29) is 16.3 Å². The van der Waals surface area contributed by atoms with Crippen LogP contribution in [0.1, 0.15) is 18.9 Å². The zero-order valence-electron chi connectivity index (χ0n) is 13.5. The van der Waals surface area contributed by atoms with E-state index in [9.17, 15) is 9.59 Å². The highest BCUT2D eigenvalue weighted by Gasteiger charge is 2.30. The van der Waals surface area contributed by atoms with Gasteiger partial charge in [-0.1, -0.05) is 42.1 Å². The first-order chi connectivity index (χ1) is 11.6. The van der Waals surface area contributed by atoms with E-state index in [1.807, 2.05) is 59.5 Å². The van der Waals surface area contributed by atoms with Gasteiger partial charge < -0.3 is 9.64 Å². The molecular weight excluding hydrogens is 322 g/mol. The zero-order valence-corrected chi connectivity index (χ0v) is 14.3. The Morgan fingerprint density at radius 3 is 2.46 bits per heavy atom. The van der Waals surface area contributed by atoms with Gasteiger partial charge in [0.2, 0.25) is 5.91 Å². The van der Waals surface area contributed by atoms with Crippen molar-refractivity contribution >= 4 is 22.8 Å². The van der Waals surface area contributed by atoms with Gasteiger partial charge in [0.05, 0.1) is 0 Å². The van der Waals surface area contributed by atoms with E-state index in [1.165, 1.54) is 11.8 Å². The molecule has 1 amide bonds. The van der Waals surface area contributed by atoms with Gasteiger partial charge in [0.25, 0.3) is 0 Å². The fourth-order valence-corrected chi connectivity index (χ4v) is 3.66. The minimum absolute atomic E-state index is 0.0667. The number of thioether (sulfide) groups is 1. The zero-order chi connectivity index (χ0) is 16.9. The van der Waals surface area contributed by atoms with Crippen molar-refractivity contribution in [1.29, 1.82) is 0 Å². The van der Waals surface area contributed by atoms with Crippen molar-refractivity contribution in [2.24, 2.45) is 0 Å². The summed E-state index contributed by atoms with van der Waals surface area (Å²) >= 11 is 1.26. The van der Waals surface area contributed by atoms with Crippen LogP contribution in [-0.4, -0.2) is 27.7 Å². The standard InChI is InChI=1S/C19H19NO3S/c1-14(21)24-18-11-19(22)20(13-18)12-15-7-9-17(10-8-15)23-16-5-3-2-4-6-16/h2-10,18H,11-13H2,1H3/t18-/m1/s1. The van der Waals surface area contributed by atoms with Gasteiger partial charge in [0.15, 0.2) is 5.12 Å². The van der Waals surface area contributed by atoms with Gasteiger partial charge in [0.1, 0.15) is 11.5 Å². The van der Waals surface area contributed by atoms with Crippen molar-refractivity contribution in [3.8, 4) is 11.5 Å². The number of likely N-dealkylation sites (tertiary alicyclic amines) is 1. The lowest BCUT2D eigenvalue weighted by atomic mass is 10.2. The molecule has 4 nitrogen and oxygen atoms in total. The molecule has 124 valence electrons. The quantitative estimate of drug-likeness (QED) is 0.828. The van der Waals surface area contributed by atoms with Crippen molar-refractivity contribution < 1.29 is 14.3 Å². The molecule has 0 spiro atoms. The second-order valence-electron chi connectivity index (χ2n) is 5.77. The Labute approximate surface area is 145 Å². The van der Waals surface area contributed by atoms with Crippen LogP contribution >= 0.6 is 11.8 Å². The molecule has 1 aliphatic heterocycles. The minimum Gasteiger partial charge on any atom is -0.457 e. The maximum Gasteiger partial charge on any atom is 0.224 e. The Hall–Kier alpha value is -2.27. The maximum atomic E-state index is 12.1. The van der Waals surface area contributed by atoms with Crippen molar-refractivity contribution in [2.75, 3.05) is 6.54 Å². The summed E-state index contributed by atoms with van der Waals surface area (Å²) < 4.78 is 5.76. The third-order valence-corrected chi connectivity index (χ3v) is 4.77. The van der Waals surface area contributed by atoms with Gasteiger partial charge in [-0.25, -0.2) is 0 Å². The van der Waals surface area contributed by atoms with E-state index >= 15 is 0 Å². The molecule has 1 aliphatic rings. The van der Waals surface area contributed by atoms with Crippen LogP contribution in [-0.2, 0) is 16.1 Å². The summed E-state index contributed by atoms with van der Waals surface area (Å²) in [6, 6.07) is 17.4. The summed E-state index contributed by atoms with van der Waals surface area (Å²) in [4.78, 5) is 25.0. The number of nitrogens with zero attached hydrogens (tertiary/aromatic N) is 1. The van der Waals surface area contributed by atoms with Crippen molar-refractivity contribution in [3.63, 3.8) is 0 Å². The number of carbonyl (C=O) groups is 2. The fraction of sp³-hybridized carbons (Fsp3) is 0.263. The number of hydrogen-bond donors (Lipinski definition) is 0. The van der Waals surface area contributed by atoms with Gasteiger partial charge in [0, 0.05) is 31.7 Å². The summed E-state index contributed by atoms with van der Waals surface area (Å²) in [7, 11) is 0. The highest BCUT2D eigenvalue weighted by atomic mass is 32.2. The number of amides is 1. The molecule has 5 heteroatoms. The van der Waals surface area contributed by atoms with Gasteiger partial charge in [-0.05, 0) is 29.8 Å². The highest BCUT2D eigenvalue weighted by Crippen LogP contribution is 2.26. The highest BCUT2D eigenvalue weighted by molar-refractivity contribution is 8.14. The number of hydrogen-bond acceptors (Lipinski definition) is 4. The van der Waals surface area contributed by atoms with Gasteiger partial charge >= 0.3 is 0 Å².